The normalized spacial score (nSPS) is 26.3. The lowest BCUT2D eigenvalue weighted by Gasteiger charge is -2.53. The van der Waals surface area contributed by atoms with E-state index in [2.05, 4.69) is 6.92 Å². The minimum absolute atomic E-state index is 0.0256. The lowest BCUT2D eigenvalue weighted by Crippen LogP contribution is -2.70. The van der Waals surface area contributed by atoms with Crippen molar-refractivity contribution in [3.8, 4) is 0 Å². The first-order chi connectivity index (χ1) is 7.04. The van der Waals surface area contributed by atoms with Crippen LogP contribution in [0.2, 0.25) is 0 Å². The fourth-order valence-electron chi connectivity index (χ4n) is 2.67. The van der Waals surface area contributed by atoms with E-state index >= 15 is 0 Å². The molecule has 15 heavy (non-hydrogen) atoms. The summed E-state index contributed by atoms with van der Waals surface area (Å²) in [5.41, 5.74) is 0.0256. The van der Waals surface area contributed by atoms with Gasteiger partial charge in [0.2, 0.25) is 5.91 Å². The molecule has 2 amide bonds. The van der Waals surface area contributed by atoms with E-state index in [4.69, 9.17) is 0 Å². The smallest absolute Gasteiger partial charge is 0.260 e. The van der Waals surface area contributed by atoms with Gasteiger partial charge in [0.05, 0.1) is 0 Å². The van der Waals surface area contributed by atoms with Gasteiger partial charge in [-0.2, -0.15) is 5.01 Å². The van der Waals surface area contributed by atoms with Gasteiger partial charge in [0.1, 0.15) is 6.54 Å². The molecule has 0 aromatic rings. The molecule has 2 rings (SSSR count). The van der Waals surface area contributed by atoms with Crippen molar-refractivity contribution < 1.29 is 9.59 Å². The molecule has 0 aromatic heterocycles. The Bertz CT molecular complexity index is 287. The second-order valence-electron chi connectivity index (χ2n) is 4.84. The number of hydrogen-bond acceptors (Lipinski definition) is 3. The second-order valence-corrected chi connectivity index (χ2v) is 4.84. The number of hydrazine groups is 1. The van der Waals surface area contributed by atoms with Crippen LogP contribution in [0.3, 0.4) is 0 Å². The number of rotatable bonds is 1. The second kappa shape index (κ2) is 3.59. The van der Waals surface area contributed by atoms with E-state index in [1.165, 1.54) is 31.2 Å². The SMILES string of the molecule is CC(=O)N1C(=O)CN1C1(C)CCCCC1. The van der Waals surface area contributed by atoms with Crippen molar-refractivity contribution in [3.05, 3.63) is 0 Å². The molecule has 1 aliphatic carbocycles. The van der Waals surface area contributed by atoms with Crippen molar-refractivity contribution in [2.24, 2.45) is 0 Å². The molecule has 0 aromatic carbocycles. The molecule has 4 nitrogen and oxygen atoms in total. The summed E-state index contributed by atoms with van der Waals surface area (Å²) in [5, 5.41) is 3.27. The topological polar surface area (TPSA) is 40.6 Å². The summed E-state index contributed by atoms with van der Waals surface area (Å²) in [4.78, 5) is 22.6. The van der Waals surface area contributed by atoms with Gasteiger partial charge in [-0.25, -0.2) is 5.01 Å². The van der Waals surface area contributed by atoms with E-state index < -0.39 is 0 Å². The van der Waals surface area contributed by atoms with Gasteiger partial charge in [-0.05, 0) is 19.8 Å². The Morgan fingerprint density at radius 3 is 2.33 bits per heavy atom. The fraction of sp³-hybridized carbons (Fsp3) is 0.818. The largest absolute Gasteiger partial charge is 0.273 e. The van der Waals surface area contributed by atoms with Crippen LogP contribution in [-0.2, 0) is 9.59 Å². The van der Waals surface area contributed by atoms with E-state index in [0.717, 1.165) is 12.8 Å². The highest BCUT2D eigenvalue weighted by Crippen LogP contribution is 2.37. The Labute approximate surface area is 90.2 Å². The zero-order valence-corrected chi connectivity index (χ0v) is 9.45. The van der Waals surface area contributed by atoms with Crippen molar-refractivity contribution >= 4 is 11.8 Å². The van der Waals surface area contributed by atoms with Crippen LogP contribution in [-0.4, -0.2) is 33.9 Å². The van der Waals surface area contributed by atoms with Crippen LogP contribution < -0.4 is 0 Å². The number of nitrogens with zero attached hydrogens (tertiary/aromatic N) is 2. The Morgan fingerprint density at radius 2 is 1.87 bits per heavy atom. The van der Waals surface area contributed by atoms with Crippen LogP contribution in [0.4, 0.5) is 0 Å². The molecule has 4 heteroatoms. The Hall–Kier alpha value is -0.900. The number of carbonyl (C=O) groups excluding carboxylic acids is 2. The van der Waals surface area contributed by atoms with E-state index in [-0.39, 0.29) is 17.4 Å². The van der Waals surface area contributed by atoms with Gasteiger partial charge in [0.25, 0.3) is 5.91 Å². The number of carbonyl (C=O) groups is 2. The molecule has 0 bridgehead atoms. The molecule has 2 fully saturated rings. The van der Waals surface area contributed by atoms with Crippen LogP contribution >= 0.6 is 0 Å². The molecule has 0 radical (unpaired) electrons. The van der Waals surface area contributed by atoms with Crippen LogP contribution in [0, 0.1) is 0 Å². The van der Waals surface area contributed by atoms with Gasteiger partial charge < -0.3 is 0 Å². The lowest BCUT2D eigenvalue weighted by molar-refractivity contribution is -0.205. The minimum Gasteiger partial charge on any atom is -0.273 e. The molecule has 0 atom stereocenters. The number of imide groups is 1. The van der Waals surface area contributed by atoms with Crippen LogP contribution in [0.25, 0.3) is 0 Å². The van der Waals surface area contributed by atoms with E-state index in [0.29, 0.717) is 6.54 Å². The maximum Gasteiger partial charge on any atom is 0.260 e. The highest BCUT2D eigenvalue weighted by Gasteiger charge is 2.47. The van der Waals surface area contributed by atoms with Gasteiger partial charge in [-0.3, -0.25) is 9.59 Å². The summed E-state index contributed by atoms with van der Waals surface area (Å²) >= 11 is 0. The average Bonchev–Trinajstić information content (AvgIpc) is 2.14. The molecule has 0 spiro atoms. The third kappa shape index (κ3) is 1.67. The molecular formula is C11H18N2O2. The molecule has 1 saturated carbocycles. The maximum absolute atomic E-state index is 11.3. The van der Waals surface area contributed by atoms with Crippen molar-refractivity contribution in [3.63, 3.8) is 0 Å². The molecule has 1 aliphatic heterocycles. The first-order valence-corrected chi connectivity index (χ1v) is 5.66. The average molecular weight is 210 g/mol. The highest BCUT2D eigenvalue weighted by atomic mass is 16.2. The van der Waals surface area contributed by atoms with Crippen molar-refractivity contribution in [1.29, 1.82) is 0 Å². The van der Waals surface area contributed by atoms with E-state index in [1.54, 1.807) is 0 Å². The van der Waals surface area contributed by atoms with Crippen LogP contribution in [0.5, 0.6) is 0 Å². The summed E-state index contributed by atoms with van der Waals surface area (Å²) in [6.45, 7) is 4.03. The van der Waals surface area contributed by atoms with Gasteiger partial charge in [-0.15, -0.1) is 0 Å². The monoisotopic (exact) mass is 210 g/mol. The van der Waals surface area contributed by atoms with Crippen LogP contribution in [0.1, 0.15) is 46.0 Å². The van der Waals surface area contributed by atoms with Gasteiger partial charge in [0, 0.05) is 12.5 Å². The standard InChI is InChI=1S/C11H18N2O2/c1-9(14)13-10(15)8-12(13)11(2)6-4-3-5-7-11/h3-8H2,1-2H3. The molecule has 84 valence electrons. The van der Waals surface area contributed by atoms with Crippen molar-refractivity contribution in [2.45, 2.75) is 51.5 Å². The van der Waals surface area contributed by atoms with E-state index in [1.807, 2.05) is 5.01 Å². The zero-order chi connectivity index (χ0) is 11.1. The van der Waals surface area contributed by atoms with Gasteiger partial charge in [0.15, 0.2) is 0 Å². The quantitative estimate of drug-likeness (QED) is 0.655. The molecule has 2 aliphatic rings. The van der Waals surface area contributed by atoms with Crippen molar-refractivity contribution in [2.75, 3.05) is 6.54 Å². The summed E-state index contributed by atoms with van der Waals surface area (Å²) in [6.07, 6.45) is 5.85. The molecule has 1 saturated heterocycles. The molecule has 0 N–H and O–H groups in total. The highest BCUT2D eigenvalue weighted by molar-refractivity contribution is 5.98. The summed E-state index contributed by atoms with van der Waals surface area (Å²) in [6, 6.07) is 0. The van der Waals surface area contributed by atoms with Gasteiger partial charge >= 0.3 is 0 Å². The maximum atomic E-state index is 11.3. The summed E-state index contributed by atoms with van der Waals surface area (Å²) < 4.78 is 0. The summed E-state index contributed by atoms with van der Waals surface area (Å²) in [5.74, 6) is -0.215. The van der Waals surface area contributed by atoms with Crippen LogP contribution in [0.15, 0.2) is 0 Å². The molecular weight excluding hydrogens is 192 g/mol. The number of hydrogen-bond donors (Lipinski definition) is 0. The zero-order valence-electron chi connectivity index (χ0n) is 9.45. The minimum atomic E-state index is -0.155. The summed E-state index contributed by atoms with van der Waals surface area (Å²) in [7, 11) is 0. The molecule has 0 unspecified atom stereocenters. The Morgan fingerprint density at radius 1 is 1.27 bits per heavy atom. The first kappa shape index (κ1) is 10.6. The lowest BCUT2D eigenvalue weighted by atomic mass is 9.82. The predicted octanol–water partition coefficient (Wildman–Crippen LogP) is 1.31. The van der Waals surface area contributed by atoms with E-state index in [9.17, 15) is 9.59 Å². The Balaban J connectivity index is 2.10. The predicted molar refractivity (Wildman–Crippen MR) is 55.7 cm³/mol. The number of amides is 2. The van der Waals surface area contributed by atoms with Crippen molar-refractivity contribution in [1.82, 2.24) is 10.0 Å². The third-order valence-electron chi connectivity index (χ3n) is 3.61. The first-order valence-electron chi connectivity index (χ1n) is 5.66. The Kier molecular flexibility index (Phi) is 2.54. The fourth-order valence-corrected chi connectivity index (χ4v) is 2.67. The van der Waals surface area contributed by atoms with Gasteiger partial charge in [-0.1, -0.05) is 19.3 Å². The third-order valence-corrected chi connectivity index (χ3v) is 3.61. The molecule has 1 heterocycles.